The van der Waals surface area contributed by atoms with Gasteiger partial charge in [0, 0.05) is 45.4 Å². The highest BCUT2D eigenvalue weighted by atomic mass is 32.2. The number of hydrogen-bond acceptors (Lipinski definition) is 7. The number of carbonyl (C=O) groups excluding carboxylic acids is 2. The van der Waals surface area contributed by atoms with Gasteiger partial charge in [-0.05, 0) is 51.3 Å². The van der Waals surface area contributed by atoms with Crippen LogP contribution in [0.1, 0.15) is 31.2 Å². The van der Waals surface area contributed by atoms with Crippen LogP contribution >= 0.6 is 0 Å². The highest BCUT2D eigenvalue weighted by molar-refractivity contribution is 7.89. The van der Waals surface area contributed by atoms with E-state index in [1.54, 1.807) is 17.9 Å². The minimum Gasteiger partial charge on any atom is -0.482 e. The average molecular weight is 495 g/mol. The number of sulfonamides is 1. The van der Waals surface area contributed by atoms with E-state index in [9.17, 15) is 18.0 Å². The van der Waals surface area contributed by atoms with E-state index in [2.05, 4.69) is 17.3 Å². The zero-order valence-electron chi connectivity index (χ0n) is 20.1. The van der Waals surface area contributed by atoms with Gasteiger partial charge in [0.15, 0.2) is 6.61 Å². The summed E-state index contributed by atoms with van der Waals surface area (Å²) in [4.78, 5) is 28.6. The lowest BCUT2D eigenvalue weighted by atomic mass is 10.0. The van der Waals surface area contributed by atoms with E-state index in [4.69, 9.17) is 9.47 Å². The third kappa shape index (κ3) is 5.37. The van der Waals surface area contributed by atoms with Gasteiger partial charge in [-0.15, -0.1) is 0 Å². The summed E-state index contributed by atoms with van der Waals surface area (Å²) in [5, 5.41) is 2.67. The molecule has 10 nitrogen and oxygen atoms in total. The Balaban J connectivity index is 1.34. The van der Waals surface area contributed by atoms with Gasteiger partial charge in [-0.25, -0.2) is 8.42 Å². The Morgan fingerprint density at radius 2 is 1.94 bits per heavy atom. The van der Waals surface area contributed by atoms with E-state index in [0.717, 1.165) is 43.1 Å². The van der Waals surface area contributed by atoms with Gasteiger partial charge in [-0.2, -0.15) is 4.31 Å². The number of anilines is 1. The van der Waals surface area contributed by atoms with Gasteiger partial charge >= 0.3 is 0 Å². The minimum atomic E-state index is -3.92. The summed E-state index contributed by atoms with van der Waals surface area (Å²) < 4.78 is 38.6. The largest absolute Gasteiger partial charge is 0.482 e. The summed E-state index contributed by atoms with van der Waals surface area (Å²) in [5.74, 6) is -0.185. The second-order valence-corrected chi connectivity index (χ2v) is 11.4. The van der Waals surface area contributed by atoms with Gasteiger partial charge in [0.05, 0.1) is 23.2 Å². The Labute approximate surface area is 201 Å². The standard InChI is InChI=1S/C23H34N4O6S/c1-16-11-19-20(33-15-22(28)24-19)12-21(16)34(30,31)26(3)14-23(29)27-8-6-17(7-9-27)25(2)13-18-5-4-10-32-18/h11-12,17-18H,4-10,13-15H2,1-3H3,(H,24,28). The number of hydrogen-bond donors (Lipinski definition) is 1. The molecule has 1 aromatic carbocycles. The van der Waals surface area contributed by atoms with Gasteiger partial charge in [0.2, 0.25) is 15.9 Å². The van der Waals surface area contributed by atoms with Crippen molar-refractivity contribution < 1.29 is 27.5 Å². The normalized spacial score (nSPS) is 21.5. The first-order chi connectivity index (χ1) is 16.1. The number of fused-ring (bicyclic) bond motifs is 1. The predicted octanol–water partition coefficient (Wildman–Crippen LogP) is 1.05. The smallest absolute Gasteiger partial charge is 0.262 e. The van der Waals surface area contributed by atoms with E-state index < -0.39 is 10.0 Å². The number of likely N-dealkylation sites (N-methyl/N-ethyl adjacent to an activating group) is 2. The highest BCUT2D eigenvalue weighted by Gasteiger charge is 2.31. The van der Waals surface area contributed by atoms with E-state index in [1.807, 2.05) is 0 Å². The molecule has 34 heavy (non-hydrogen) atoms. The molecule has 4 rings (SSSR count). The summed E-state index contributed by atoms with van der Waals surface area (Å²) in [6, 6.07) is 3.39. The number of amides is 2. The molecule has 3 aliphatic heterocycles. The van der Waals surface area contributed by atoms with Crippen LogP contribution in [0.5, 0.6) is 5.75 Å². The molecule has 2 fully saturated rings. The molecule has 188 valence electrons. The number of likely N-dealkylation sites (tertiary alicyclic amines) is 1. The summed E-state index contributed by atoms with van der Waals surface area (Å²) >= 11 is 0. The summed E-state index contributed by atoms with van der Waals surface area (Å²) in [5.41, 5.74) is 0.915. The topological polar surface area (TPSA) is 108 Å². The molecule has 0 spiro atoms. The van der Waals surface area contributed by atoms with Gasteiger partial charge < -0.3 is 24.6 Å². The molecular weight excluding hydrogens is 460 g/mol. The molecule has 1 atom stereocenters. The molecule has 1 N–H and O–H groups in total. The Kier molecular flexibility index (Phi) is 7.46. The monoisotopic (exact) mass is 494 g/mol. The zero-order valence-corrected chi connectivity index (χ0v) is 20.9. The van der Waals surface area contributed by atoms with E-state index in [0.29, 0.717) is 42.2 Å². The molecular formula is C23H34N4O6S. The molecule has 1 aromatic rings. The molecule has 1 unspecified atom stereocenters. The third-order valence-corrected chi connectivity index (χ3v) is 8.86. The second-order valence-electron chi connectivity index (χ2n) is 9.40. The predicted molar refractivity (Wildman–Crippen MR) is 126 cm³/mol. The fourth-order valence-corrected chi connectivity index (χ4v) is 6.19. The van der Waals surface area contributed by atoms with Crippen molar-refractivity contribution in [3.05, 3.63) is 17.7 Å². The molecule has 0 saturated carbocycles. The minimum absolute atomic E-state index is 0.0622. The van der Waals surface area contributed by atoms with Gasteiger partial charge in [0.25, 0.3) is 5.91 Å². The SMILES string of the molecule is Cc1cc2c(cc1S(=O)(=O)N(C)CC(=O)N1CCC(N(C)CC3CCCO3)CC1)OCC(=O)N2. The Morgan fingerprint density at radius 1 is 1.21 bits per heavy atom. The quantitative estimate of drug-likeness (QED) is 0.604. The molecule has 0 bridgehead atoms. The van der Waals surface area contributed by atoms with Crippen LogP contribution in [-0.4, -0.2) is 100.0 Å². The lowest BCUT2D eigenvalue weighted by molar-refractivity contribution is -0.132. The van der Waals surface area contributed by atoms with Crippen molar-refractivity contribution in [3.8, 4) is 5.75 Å². The zero-order chi connectivity index (χ0) is 24.5. The van der Waals surface area contributed by atoms with Crippen LogP contribution in [0.3, 0.4) is 0 Å². The molecule has 2 saturated heterocycles. The lowest BCUT2D eigenvalue weighted by Crippen LogP contribution is -2.49. The molecule has 0 aromatic heterocycles. The second kappa shape index (κ2) is 10.2. The Hall–Kier alpha value is -2.21. The first-order valence-corrected chi connectivity index (χ1v) is 13.2. The number of benzene rings is 1. The van der Waals surface area contributed by atoms with Crippen LogP contribution < -0.4 is 10.1 Å². The van der Waals surface area contributed by atoms with Crippen LogP contribution in [0.2, 0.25) is 0 Å². The highest BCUT2D eigenvalue weighted by Crippen LogP contribution is 2.34. The number of aryl methyl sites for hydroxylation is 1. The van der Waals surface area contributed by atoms with E-state index in [-0.39, 0.29) is 29.9 Å². The lowest BCUT2D eigenvalue weighted by Gasteiger charge is -2.38. The number of carbonyl (C=O) groups is 2. The van der Waals surface area contributed by atoms with Crippen molar-refractivity contribution >= 4 is 27.5 Å². The number of nitrogens with zero attached hydrogens (tertiary/aromatic N) is 3. The Bertz CT molecular complexity index is 1030. The first-order valence-electron chi connectivity index (χ1n) is 11.8. The number of rotatable bonds is 7. The number of nitrogens with one attached hydrogen (secondary N) is 1. The van der Waals surface area contributed by atoms with Gasteiger partial charge in [-0.3, -0.25) is 9.59 Å². The maximum atomic E-state index is 13.2. The van der Waals surface area contributed by atoms with Crippen molar-refractivity contribution in [2.45, 2.75) is 49.6 Å². The summed E-state index contributed by atoms with van der Waals surface area (Å²) in [6.07, 6.45) is 4.25. The Morgan fingerprint density at radius 3 is 2.62 bits per heavy atom. The van der Waals surface area contributed by atoms with Crippen molar-refractivity contribution in [2.24, 2.45) is 0 Å². The van der Waals surface area contributed by atoms with Crippen LogP contribution in [0.15, 0.2) is 17.0 Å². The third-order valence-electron chi connectivity index (χ3n) is 6.91. The van der Waals surface area contributed by atoms with Crippen LogP contribution in [-0.2, 0) is 24.3 Å². The summed E-state index contributed by atoms with van der Waals surface area (Å²) in [6.45, 7) is 4.23. The van der Waals surface area contributed by atoms with Crippen molar-refractivity contribution in [1.82, 2.24) is 14.1 Å². The van der Waals surface area contributed by atoms with Crippen LogP contribution in [0, 0.1) is 6.92 Å². The molecule has 2 amide bonds. The van der Waals surface area contributed by atoms with E-state index in [1.165, 1.54) is 13.1 Å². The van der Waals surface area contributed by atoms with Crippen molar-refractivity contribution in [2.75, 3.05) is 58.8 Å². The fourth-order valence-electron chi connectivity index (χ4n) is 4.85. The number of piperidine rings is 1. The maximum Gasteiger partial charge on any atom is 0.262 e. The average Bonchev–Trinajstić information content (AvgIpc) is 3.31. The van der Waals surface area contributed by atoms with E-state index >= 15 is 0 Å². The van der Waals surface area contributed by atoms with Gasteiger partial charge in [0.1, 0.15) is 5.75 Å². The van der Waals surface area contributed by atoms with Gasteiger partial charge in [-0.1, -0.05) is 0 Å². The fraction of sp³-hybridized carbons (Fsp3) is 0.652. The molecule has 3 aliphatic rings. The first kappa shape index (κ1) is 24.9. The summed E-state index contributed by atoms with van der Waals surface area (Å²) in [7, 11) is -0.392. The van der Waals surface area contributed by atoms with Crippen LogP contribution in [0.4, 0.5) is 5.69 Å². The molecule has 3 heterocycles. The molecule has 11 heteroatoms. The maximum absolute atomic E-state index is 13.2. The van der Waals surface area contributed by atoms with Crippen molar-refractivity contribution in [1.29, 1.82) is 0 Å². The number of ether oxygens (including phenoxy) is 2. The molecule has 0 radical (unpaired) electrons. The van der Waals surface area contributed by atoms with Crippen LogP contribution in [0.25, 0.3) is 0 Å². The molecule has 0 aliphatic carbocycles. The van der Waals surface area contributed by atoms with Crippen molar-refractivity contribution in [3.63, 3.8) is 0 Å².